The second-order valence-corrected chi connectivity index (χ2v) is 4.70. The highest BCUT2D eigenvalue weighted by Crippen LogP contribution is 2.23. The number of hydrogen-bond donors (Lipinski definition) is 2. The standard InChI is InChI=1S/C15H14N6O2/c1-2-21-13(22)7-6-11(20-21)15(23)18-12-9-17-19-14(12)10-5-3-4-8-16-10/h3-9H,2H2,1H3,(H,17,19)(H,18,23). The predicted octanol–water partition coefficient (Wildman–Crippen LogP) is 1.30. The molecule has 8 heteroatoms. The number of H-pyrrole nitrogens is 1. The first-order chi connectivity index (χ1) is 11.2. The van der Waals surface area contributed by atoms with Gasteiger partial charge in [-0.25, -0.2) is 4.68 Å². The van der Waals surface area contributed by atoms with Gasteiger partial charge in [-0.15, -0.1) is 0 Å². The number of nitrogens with one attached hydrogen (secondary N) is 2. The second kappa shape index (κ2) is 6.22. The first kappa shape index (κ1) is 14.6. The van der Waals surface area contributed by atoms with Crippen LogP contribution in [0.2, 0.25) is 0 Å². The number of hydrogen-bond acceptors (Lipinski definition) is 5. The minimum absolute atomic E-state index is 0.152. The summed E-state index contributed by atoms with van der Waals surface area (Å²) in [6.45, 7) is 2.18. The zero-order valence-electron chi connectivity index (χ0n) is 12.4. The van der Waals surface area contributed by atoms with Crippen LogP contribution in [-0.4, -0.2) is 30.9 Å². The Morgan fingerprint density at radius 1 is 1.30 bits per heavy atom. The lowest BCUT2D eigenvalue weighted by molar-refractivity contribution is 0.102. The van der Waals surface area contributed by atoms with Crippen molar-refractivity contribution in [3.8, 4) is 11.4 Å². The van der Waals surface area contributed by atoms with Gasteiger partial charge in [-0.1, -0.05) is 6.07 Å². The van der Waals surface area contributed by atoms with Crippen molar-refractivity contribution in [3.05, 3.63) is 58.8 Å². The van der Waals surface area contributed by atoms with Crippen molar-refractivity contribution in [1.29, 1.82) is 0 Å². The molecule has 23 heavy (non-hydrogen) atoms. The van der Waals surface area contributed by atoms with Crippen molar-refractivity contribution in [2.75, 3.05) is 5.32 Å². The molecule has 2 N–H and O–H groups in total. The van der Waals surface area contributed by atoms with Crippen LogP contribution in [0.4, 0.5) is 5.69 Å². The maximum atomic E-state index is 12.3. The number of carbonyl (C=O) groups is 1. The molecule has 3 heterocycles. The van der Waals surface area contributed by atoms with Crippen molar-refractivity contribution < 1.29 is 4.79 Å². The van der Waals surface area contributed by atoms with Gasteiger partial charge in [0.05, 0.1) is 17.6 Å². The Balaban J connectivity index is 1.87. The number of carbonyl (C=O) groups excluding carboxylic acids is 1. The smallest absolute Gasteiger partial charge is 0.276 e. The van der Waals surface area contributed by atoms with Crippen molar-refractivity contribution in [3.63, 3.8) is 0 Å². The minimum Gasteiger partial charge on any atom is -0.317 e. The number of nitrogens with zero attached hydrogens (tertiary/aromatic N) is 4. The second-order valence-electron chi connectivity index (χ2n) is 4.70. The van der Waals surface area contributed by atoms with Gasteiger partial charge in [0.2, 0.25) is 0 Å². The molecule has 3 aromatic rings. The SMILES string of the molecule is CCn1nc(C(=O)Nc2cn[nH]c2-c2ccccn2)ccc1=O. The summed E-state index contributed by atoms with van der Waals surface area (Å²) in [5.74, 6) is -0.425. The molecule has 116 valence electrons. The highest BCUT2D eigenvalue weighted by Gasteiger charge is 2.14. The number of anilines is 1. The molecule has 0 aromatic carbocycles. The Bertz CT molecular complexity index is 884. The van der Waals surface area contributed by atoms with Gasteiger partial charge in [0.1, 0.15) is 11.4 Å². The molecular formula is C15H14N6O2. The third-order valence-electron chi connectivity index (χ3n) is 3.21. The van der Waals surface area contributed by atoms with E-state index >= 15 is 0 Å². The molecule has 0 aliphatic carbocycles. The quantitative estimate of drug-likeness (QED) is 0.755. The summed E-state index contributed by atoms with van der Waals surface area (Å²) >= 11 is 0. The van der Waals surface area contributed by atoms with E-state index in [2.05, 4.69) is 25.6 Å². The van der Waals surface area contributed by atoms with E-state index in [1.807, 2.05) is 6.07 Å². The van der Waals surface area contributed by atoms with Crippen LogP contribution in [0.3, 0.4) is 0 Å². The lowest BCUT2D eigenvalue weighted by Gasteiger charge is -2.06. The van der Waals surface area contributed by atoms with Gasteiger partial charge in [-0.2, -0.15) is 10.2 Å². The summed E-state index contributed by atoms with van der Waals surface area (Å²) < 4.78 is 1.23. The van der Waals surface area contributed by atoms with Crippen molar-refractivity contribution in [2.24, 2.45) is 0 Å². The van der Waals surface area contributed by atoms with E-state index < -0.39 is 5.91 Å². The van der Waals surface area contributed by atoms with Gasteiger partial charge in [0.15, 0.2) is 0 Å². The monoisotopic (exact) mass is 310 g/mol. The summed E-state index contributed by atoms with van der Waals surface area (Å²) in [5.41, 5.74) is 1.65. The van der Waals surface area contributed by atoms with Crippen LogP contribution in [-0.2, 0) is 6.54 Å². The first-order valence-electron chi connectivity index (χ1n) is 7.03. The summed E-state index contributed by atoms with van der Waals surface area (Å²) in [5, 5.41) is 13.5. The third-order valence-corrected chi connectivity index (χ3v) is 3.21. The Labute approximate surface area is 131 Å². The Morgan fingerprint density at radius 3 is 2.91 bits per heavy atom. The average Bonchev–Trinajstić information content (AvgIpc) is 3.04. The number of aromatic nitrogens is 5. The van der Waals surface area contributed by atoms with Gasteiger partial charge in [0, 0.05) is 18.8 Å². The molecule has 0 unspecified atom stereocenters. The van der Waals surface area contributed by atoms with Crippen molar-refractivity contribution in [1.82, 2.24) is 25.0 Å². The van der Waals surface area contributed by atoms with Crippen LogP contribution in [0.5, 0.6) is 0 Å². The van der Waals surface area contributed by atoms with Gasteiger partial charge in [0.25, 0.3) is 11.5 Å². The molecule has 8 nitrogen and oxygen atoms in total. The van der Waals surface area contributed by atoms with E-state index in [1.54, 1.807) is 25.3 Å². The fourth-order valence-electron chi connectivity index (χ4n) is 2.07. The molecule has 0 spiro atoms. The fraction of sp³-hybridized carbons (Fsp3) is 0.133. The Hall–Kier alpha value is -3.29. The minimum atomic E-state index is -0.425. The zero-order valence-corrected chi connectivity index (χ0v) is 12.4. The topological polar surface area (TPSA) is 106 Å². The van der Waals surface area contributed by atoms with Crippen LogP contribution in [0.1, 0.15) is 17.4 Å². The number of aromatic amines is 1. The molecule has 0 fully saturated rings. The van der Waals surface area contributed by atoms with E-state index in [9.17, 15) is 9.59 Å². The van der Waals surface area contributed by atoms with Crippen LogP contribution >= 0.6 is 0 Å². The maximum absolute atomic E-state index is 12.3. The number of amides is 1. The van der Waals surface area contributed by atoms with E-state index in [0.29, 0.717) is 23.6 Å². The summed E-state index contributed by atoms with van der Waals surface area (Å²) in [4.78, 5) is 28.1. The number of aryl methyl sites for hydroxylation is 1. The van der Waals surface area contributed by atoms with Crippen LogP contribution < -0.4 is 10.9 Å². The third kappa shape index (κ3) is 3.00. The summed E-state index contributed by atoms with van der Waals surface area (Å²) in [7, 11) is 0. The lowest BCUT2D eigenvalue weighted by Crippen LogP contribution is -2.25. The van der Waals surface area contributed by atoms with E-state index in [-0.39, 0.29) is 11.3 Å². The van der Waals surface area contributed by atoms with Crippen LogP contribution in [0.15, 0.2) is 47.5 Å². The van der Waals surface area contributed by atoms with E-state index in [0.717, 1.165) is 0 Å². The maximum Gasteiger partial charge on any atom is 0.276 e. The first-order valence-corrected chi connectivity index (χ1v) is 7.03. The molecule has 0 aliphatic heterocycles. The summed E-state index contributed by atoms with van der Waals surface area (Å²) in [6.07, 6.45) is 3.15. The molecular weight excluding hydrogens is 296 g/mol. The van der Waals surface area contributed by atoms with Gasteiger partial charge in [-0.3, -0.25) is 19.7 Å². The van der Waals surface area contributed by atoms with Gasteiger partial charge >= 0.3 is 0 Å². The number of rotatable bonds is 4. The molecule has 0 aliphatic rings. The molecule has 0 radical (unpaired) electrons. The van der Waals surface area contributed by atoms with Crippen molar-refractivity contribution >= 4 is 11.6 Å². The molecule has 3 aromatic heterocycles. The van der Waals surface area contributed by atoms with Gasteiger partial charge < -0.3 is 5.32 Å². The average molecular weight is 310 g/mol. The fourth-order valence-corrected chi connectivity index (χ4v) is 2.07. The Kier molecular flexibility index (Phi) is 3.96. The summed E-state index contributed by atoms with van der Waals surface area (Å²) in [6, 6.07) is 8.16. The zero-order chi connectivity index (χ0) is 16.2. The Morgan fingerprint density at radius 2 is 2.17 bits per heavy atom. The molecule has 0 saturated carbocycles. The lowest BCUT2D eigenvalue weighted by atomic mass is 10.2. The predicted molar refractivity (Wildman–Crippen MR) is 83.9 cm³/mol. The molecule has 0 bridgehead atoms. The molecule has 0 saturated heterocycles. The number of pyridine rings is 1. The highest BCUT2D eigenvalue weighted by atomic mass is 16.2. The van der Waals surface area contributed by atoms with Gasteiger partial charge in [-0.05, 0) is 25.1 Å². The largest absolute Gasteiger partial charge is 0.317 e. The van der Waals surface area contributed by atoms with E-state index in [4.69, 9.17) is 0 Å². The molecule has 3 rings (SSSR count). The van der Waals surface area contributed by atoms with Crippen molar-refractivity contribution in [2.45, 2.75) is 13.5 Å². The van der Waals surface area contributed by atoms with E-state index in [1.165, 1.54) is 23.0 Å². The van der Waals surface area contributed by atoms with Crippen LogP contribution in [0, 0.1) is 0 Å². The highest BCUT2D eigenvalue weighted by molar-refractivity contribution is 6.04. The van der Waals surface area contributed by atoms with Crippen LogP contribution in [0.25, 0.3) is 11.4 Å². The normalized spacial score (nSPS) is 10.5. The molecule has 0 atom stereocenters. The molecule has 1 amide bonds.